The molecule has 3 aromatic rings. The second-order valence-corrected chi connectivity index (χ2v) is 5.24. The number of nitrogens with zero attached hydrogens (tertiary/aromatic N) is 1. The summed E-state index contributed by atoms with van der Waals surface area (Å²) in [5, 5.41) is 1.14. The van der Waals surface area contributed by atoms with Crippen LogP contribution in [0, 0.1) is 0 Å². The summed E-state index contributed by atoms with van der Waals surface area (Å²) in [7, 11) is 0. The first-order valence-electron chi connectivity index (χ1n) is 6.35. The number of benzene rings is 2. The third-order valence-electron chi connectivity index (χ3n) is 3.35. The molecule has 0 spiro atoms. The predicted octanol–water partition coefficient (Wildman–Crippen LogP) is 5.36. The van der Waals surface area contributed by atoms with Gasteiger partial charge in [0.15, 0.2) is 0 Å². The Morgan fingerprint density at radius 1 is 0.952 bits per heavy atom. The molecule has 0 aliphatic carbocycles. The van der Waals surface area contributed by atoms with Crippen molar-refractivity contribution in [1.82, 2.24) is 4.57 Å². The molecule has 0 bridgehead atoms. The van der Waals surface area contributed by atoms with E-state index >= 15 is 0 Å². The molecular formula is C16H11ClF3N. The largest absolute Gasteiger partial charge is 0.431 e. The van der Waals surface area contributed by atoms with Gasteiger partial charge in [0, 0.05) is 22.5 Å². The highest BCUT2D eigenvalue weighted by molar-refractivity contribution is 6.30. The van der Waals surface area contributed by atoms with Crippen molar-refractivity contribution in [2.75, 3.05) is 0 Å². The van der Waals surface area contributed by atoms with Crippen LogP contribution in [0.1, 0.15) is 11.3 Å². The molecule has 0 atom stereocenters. The zero-order valence-corrected chi connectivity index (χ0v) is 11.6. The molecule has 0 aliphatic rings. The molecule has 0 aliphatic heterocycles. The van der Waals surface area contributed by atoms with Crippen LogP contribution in [0.3, 0.4) is 0 Å². The van der Waals surface area contributed by atoms with Crippen molar-refractivity contribution in [2.24, 2.45) is 0 Å². The number of halogens is 4. The molecule has 0 saturated heterocycles. The van der Waals surface area contributed by atoms with Crippen molar-refractivity contribution in [3.63, 3.8) is 0 Å². The fourth-order valence-corrected chi connectivity index (χ4v) is 2.51. The number of alkyl halides is 3. The monoisotopic (exact) mass is 309 g/mol. The van der Waals surface area contributed by atoms with Crippen molar-refractivity contribution in [1.29, 1.82) is 0 Å². The summed E-state index contributed by atoms with van der Waals surface area (Å²) in [6, 6.07) is 14.9. The highest BCUT2D eigenvalue weighted by Crippen LogP contribution is 2.34. The van der Waals surface area contributed by atoms with Crippen LogP contribution < -0.4 is 0 Å². The maximum absolute atomic E-state index is 13.2. The van der Waals surface area contributed by atoms with Gasteiger partial charge >= 0.3 is 6.18 Å². The fourth-order valence-electron chi connectivity index (χ4n) is 2.39. The van der Waals surface area contributed by atoms with Crippen LogP contribution in [0.25, 0.3) is 10.9 Å². The van der Waals surface area contributed by atoms with Crippen molar-refractivity contribution < 1.29 is 13.2 Å². The zero-order valence-electron chi connectivity index (χ0n) is 10.9. The van der Waals surface area contributed by atoms with Crippen LogP contribution >= 0.6 is 11.6 Å². The van der Waals surface area contributed by atoms with Crippen LogP contribution in [0.15, 0.2) is 54.6 Å². The summed E-state index contributed by atoms with van der Waals surface area (Å²) in [6.07, 6.45) is -4.38. The van der Waals surface area contributed by atoms with Crippen molar-refractivity contribution >= 4 is 22.5 Å². The Morgan fingerprint density at radius 3 is 2.29 bits per heavy atom. The minimum Gasteiger partial charge on any atom is -0.332 e. The molecule has 1 heterocycles. The smallest absolute Gasteiger partial charge is 0.332 e. The molecule has 1 nitrogen and oxygen atoms in total. The lowest BCUT2D eigenvalue weighted by Crippen LogP contribution is -2.14. The van der Waals surface area contributed by atoms with Gasteiger partial charge in [-0.1, -0.05) is 41.9 Å². The third kappa shape index (κ3) is 2.76. The van der Waals surface area contributed by atoms with Gasteiger partial charge < -0.3 is 4.57 Å². The highest BCUT2D eigenvalue weighted by Gasteiger charge is 2.35. The number of hydrogen-bond acceptors (Lipinski definition) is 0. The summed E-state index contributed by atoms with van der Waals surface area (Å²) < 4.78 is 40.9. The van der Waals surface area contributed by atoms with E-state index in [9.17, 15) is 13.2 Å². The first-order valence-corrected chi connectivity index (χ1v) is 6.73. The van der Waals surface area contributed by atoms with Gasteiger partial charge in [0.2, 0.25) is 0 Å². The normalized spacial score (nSPS) is 12.0. The van der Waals surface area contributed by atoms with E-state index < -0.39 is 11.9 Å². The van der Waals surface area contributed by atoms with Gasteiger partial charge in [-0.25, -0.2) is 0 Å². The summed E-state index contributed by atoms with van der Waals surface area (Å²) in [5.41, 5.74) is 0.699. The van der Waals surface area contributed by atoms with Crippen LogP contribution in [0.5, 0.6) is 0 Å². The number of fused-ring (bicyclic) bond motifs is 1. The maximum Gasteiger partial charge on any atom is 0.431 e. The molecule has 0 N–H and O–H groups in total. The molecule has 108 valence electrons. The van der Waals surface area contributed by atoms with Gasteiger partial charge in [0.25, 0.3) is 0 Å². The summed E-state index contributed by atoms with van der Waals surface area (Å²) in [6.45, 7) is 0.152. The average Bonchev–Trinajstić information content (AvgIpc) is 2.81. The Kier molecular flexibility index (Phi) is 3.41. The van der Waals surface area contributed by atoms with E-state index in [1.807, 2.05) is 0 Å². The first-order chi connectivity index (χ1) is 9.95. The molecule has 0 saturated carbocycles. The van der Waals surface area contributed by atoms with E-state index in [1.165, 1.54) is 10.6 Å². The average molecular weight is 310 g/mol. The molecule has 0 fully saturated rings. The first kappa shape index (κ1) is 14.0. The molecule has 2 aromatic carbocycles. The predicted molar refractivity (Wildman–Crippen MR) is 77.5 cm³/mol. The van der Waals surface area contributed by atoms with Crippen molar-refractivity contribution in [3.05, 3.63) is 70.9 Å². The van der Waals surface area contributed by atoms with Crippen LogP contribution in [-0.2, 0) is 12.7 Å². The fraction of sp³-hybridized carbons (Fsp3) is 0.125. The molecule has 5 heteroatoms. The Labute approximate surface area is 124 Å². The van der Waals surface area contributed by atoms with Gasteiger partial charge in [0.05, 0.1) is 0 Å². The van der Waals surface area contributed by atoms with E-state index in [0.29, 0.717) is 15.9 Å². The Hall–Kier alpha value is -1.94. The quantitative estimate of drug-likeness (QED) is 0.600. The number of para-hydroxylation sites is 1. The molecular weight excluding hydrogens is 299 g/mol. The lowest BCUT2D eigenvalue weighted by atomic mass is 10.2. The second-order valence-electron chi connectivity index (χ2n) is 4.80. The Morgan fingerprint density at radius 2 is 1.62 bits per heavy atom. The molecule has 1 aromatic heterocycles. The number of hydrogen-bond donors (Lipinski definition) is 0. The minimum absolute atomic E-state index is 0.152. The molecule has 0 amide bonds. The molecule has 0 unspecified atom stereocenters. The summed E-state index contributed by atoms with van der Waals surface area (Å²) in [4.78, 5) is 0. The van der Waals surface area contributed by atoms with Crippen molar-refractivity contribution in [3.8, 4) is 0 Å². The Balaban J connectivity index is 2.13. The van der Waals surface area contributed by atoms with E-state index in [1.54, 1.807) is 48.5 Å². The second kappa shape index (κ2) is 5.11. The van der Waals surface area contributed by atoms with Gasteiger partial charge in [-0.05, 0) is 29.8 Å². The summed E-state index contributed by atoms with van der Waals surface area (Å²) in [5.74, 6) is 0. The van der Waals surface area contributed by atoms with Crippen LogP contribution in [0.2, 0.25) is 5.02 Å². The minimum atomic E-state index is -4.38. The van der Waals surface area contributed by atoms with E-state index in [0.717, 1.165) is 5.56 Å². The van der Waals surface area contributed by atoms with Gasteiger partial charge in [0.1, 0.15) is 5.69 Å². The lowest BCUT2D eigenvalue weighted by Gasteiger charge is -2.13. The maximum atomic E-state index is 13.2. The van der Waals surface area contributed by atoms with E-state index in [-0.39, 0.29) is 6.54 Å². The SMILES string of the molecule is FC(F)(F)c1cc2ccccc2n1Cc1ccc(Cl)cc1. The highest BCUT2D eigenvalue weighted by atomic mass is 35.5. The van der Waals surface area contributed by atoms with Gasteiger partial charge in [-0.2, -0.15) is 13.2 Å². The number of rotatable bonds is 2. The van der Waals surface area contributed by atoms with E-state index in [2.05, 4.69) is 0 Å². The molecule has 3 rings (SSSR count). The van der Waals surface area contributed by atoms with Crippen LogP contribution in [-0.4, -0.2) is 4.57 Å². The molecule has 21 heavy (non-hydrogen) atoms. The molecule has 0 radical (unpaired) electrons. The van der Waals surface area contributed by atoms with Crippen molar-refractivity contribution in [2.45, 2.75) is 12.7 Å². The van der Waals surface area contributed by atoms with Crippen LogP contribution in [0.4, 0.5) is 13.2 Å². The topological polar surface area (TPSA) is 4.93 Å². The Bertz CT molecular complexity index is 772. The lowest BCUT2D eigenvalue weighted by molar-refractivity contribution is -0.143. The standard InChI is InChI=1S/C16H11ClF3N/c17-13-7-5-11(6-8-13)10-21-14-4-2-1-3-12(14)9-15(21)16(18,19)20/h1-9H,10H2. The number of aromatic nitrogens is 1. The zero-order chi connectivity index (χ0) is 15.0. The summed E-state index contributed by atoms with van der Waals surface area (Å²) >= 11 is 5.81. The van der Waals surface area contributed by atoms with Gasteiger partial charge in [-0.3, -0.25) is 0 Å². The van der Waals surface area contributed by atoms with Gasteiger partial charge in [-0.15, -0.1) is 0 Å². The third-order valence-corrected chi connectivity index (χ3v) is 3.61. The van der Waals surface area contributed by atoms with E-state index in [4.69, 9.17) is 11.6 Å².